The minimum absolute atomic E-state index is 0.0116. The van der Waals surface area contributed by atoms with Crippen molar-refractivity contribution < 1.29 is 9.47 Å². The largest absolute Gasteiger partial charge is 0.472 e. The van der Waals surface area contributed by atoms with Gasteiger partial charge in [-0.15, -0.1) is 0 Å². The van der Waals surface area contributed by atoms with E-state index in [0.717, 1.165) is 23.1 Å². The zero-order chi connectivity index (χ0) is 14.3. The lowest BCUT2D eigenvalue weighted by Gasteiger charge is -2.16. The van der Waals surface area contributed by atoms with E-state index in [1.54, 1.807) is 13.3 Å². The Labute approximate surface area is 124 Å². The fraction of sp³-hybridized carbons (Fsp3) is 0.643. The van der Waals surface area contributed by atoms with Crippen LogP contribution in [0.2, 0.25) is 0 Å². The standard InChI is InChI=1S/C14H23BrN2O2/c1-10(2)6-16-7-12-5-13(15)8-17-14(12)19-11(3)9-18-4/h5,8,10-11,16H,6-7,9H2,1-4H3. The van der Waals surface area contributed by atoms with Gasteiger partial charge in [-0.25, -0.2) is 4.98 Å². The van der Waals surface area contributed by atoms with Crippen LogP contribution in [0.4, 0.5) is 0 Å². The normalized spacial score (nSPS) is 12.7. The molecule has 0 aliphatic heterocycles. The molecule has 0 saturated heterocycles. The lowest BCUT2D eigenvalue weighted by Crippen LogP contribution is -2.22. The van der Waals surface area contributed by atoms with Crippen LogP contribution in [0.1, 0.15) is 26.3 Å². The van der Waals surface area contributed by atoms with Crippen LogP contribution in [0, 0.1) is 5.92 Å². The summed E-state index contributed by atoms with van der Waals surface area (Å²) in [6.07, 6.45) is 1.74. The summed E-state index contributed by atoms with van der Waals surface area (Å²) in [5.41, 5.74) is 1.05. The molecule has 1 aromatic rings. The second kappa shape index (κ2) is 8.51. The van der Waals surface area contributed by atoms with Gasteiger partial charge in [0.1, 0.15) is 6.10 Å². The number of methoxy groups -OCH3 is 1. The predicted molar refractivity (Wildman–Crippen MR) is 80.4 cm³/mol. The number of halogens is 1. The van der Waals surface area contributed by atoms with Crippen molar-refractivity contribution in [2.75, 3.05) is 20.3 Å². The van der Waals surface area contributed by atoms with Gasteiger partial charge in [0.15, 0.2) is 0 Å². The molecule has 0 aliphatic carbocycles. The van der Waals surface area contributed by atoms with Crippen molar-refractivity contribution in [3.05, 3.63) is 22.3 Å². The minimum Gasteiger partial charge on any atom is -0.472 e. The summed E-state index contributed by atoms with van der Waals surface area (Å²) < 4.78 is 11.8. The average Bonchev–Trinajstić information content (AvgIpc) is 2.32. The van der Waals surface area contributed by atoms with E-state index < -0.39 is 0 Å². The summed E-state index contributed by atoms with van der Waals surface area (Å²) in [5, 5.41) is 3.40. The molecule has 0 aromatic carbocycles. The van der Waals surface area contributed by atoms with Crippen LogP contribution >= 0.6 is 15.9 Å². The quantitative estimate of drug-likeness (QED) is 0.795. The highest BCUT2D eigenvalue weighted by Gasteiger charge is 2.10. The Bertz CT molecular complexity index is 386. The molecule has 0 spiro atoms. The van der Waals surface area contributed by atoms with Crippen LogP contribution in [-0.4, -0.2) is 31.3 Å². The molecule has 1 heterocycles. The van der Waals surface area contributed by atoms with E-state index in [1.165, 1.54) is 0 Å². The monoisotopic (exact) mass is 330 g/mol. The van der Waals surface area contributed by atoms with Gasteiger partial charge >= 0.3 is 0 Å². The summed E-state index contributed by atoms with van der Waals surface area (Å²) in [6, 6.07) is 2.04. The van der Waals surface area contributed by atoms with Crippen molar-refractivity contribution in [3.63, 3.8) is 0 Å². The summed E-state index contributed by atoms with van der Waals surface area (Å²) in [5.74, 6) is 1.29. The molecule has 1 unspecified atom stereocenters. The van der Waals surface area contributed by atoms with E-state index in [9.17, 15) is 0 Å². The predicted octanol–water partition coefficient (Wildman–Crippen LogP) is 3.00. The van der Waals surface area contributed by atoms with Crippen LogP contribution in [0.25, 0.3) is 0 Å². The summed E-state index contributed by atoms with van der Waals surface area (Å²) in [7, 11) is 1.67. The molecule has 1 aromatic heterocycles. The van der Waals surface area contributed by atoms with Crippen molar-refractivity contribution in [2.45, 2.75) is 33.4 Å². The molecule has 0 aliphatic rings. The minimum atomic E-state index is -0.0116. The Morgan fingerprint density at radius 2 is 2.11 bits per heavy atom. The van der Waals surface area contributed by atoms with Crippen molar-refractivity contribution in [1.82, 2.24) is 10.3 Å². The van der Waals surface area contributed by atoms with Crippen molar-refractivity contribution in [3.8, 4) is 5.88 Å². The number of pyridine rings is 1. The molecule has 1 rings (SSSR count). The second-order valence-electron chi connectivity index (χ2n) is 5.03. The van der Waals surface area contributed by atoms with Gasteiger partial charge in [0.2, 0.25) is 5.88 Å². The van der Waals surface area contributed by atoms with Gasteiger partial charge in [-0.2, -0.15) is 0 Å². The van der Waals surface area contributed by atoms with E-state index in [0.29, 0.717) is 18.4 Å². The van der Waals surface area contributed by atoms with E-state index >= 15 is 0 Å². The third-order valence-electron chi connectivity index (χ3n) is 2.47. The average molecular weight is 331 g/mol. The van der Waals surface area contributed by atoms with Crippen LogP contribution in [0.5, 0.6) is 5.88 Å². The summed E-state index contributed by atoms with van der Waals surface area (Å²) >= 11 is 3.44. The number of nitrogens with one attached hydrogen (secondary N) is 1. The number of ether oxygens (including phenoxy) is 2. The second-order valence-corrected chi connectivity index (χ2v) is 5.94. The maximum Gasteiger partial charge on any atom is 0.218 e. The Kier molecular flexibility index (Phi) is 7.34. The molecule has 0 fully saturated rings. The Morgan fingerprint density at radius 1 is 1.37 bits per heavy atom. The van der Waals surface area contributed by atoms with Crippen LogP contribution in [0.3, 0.4) is 0 Å². The molecule has 0 radical (unpaired) electrons. The number of hydrogen-bond donors (Lipinski definition) is 1. The van der Waals surface area contributed by atoms with Gasteiger partial charge in [0, 0.05) is 29.9 Å². The van der Waals surface area contributed by atoms with E-state index in [-0.39, 0.29) is 6.10 Å². The molecule has 0 saturated carbocycles. The van der Waals surface area contributed by atoms with Gasteiger partial charge in [-0.05, 0) is 41.4 Å². The molecule has 1 N–H and O–H groups in total. The lowest BCUT2D eigenvalue weighted by atomic mass is 10.2. The number of nitrogens with zero attached hydrogens (tertiary/aromatic N) is 1. The molecule has 1 atom stereocenters. The number of rotatable bonds is 8. The van der Waals surface area contributed by atoms with Crippen LogP contribution in [0.15, 0.2) is 16.7 Å². The van der Waals surface area contributed by atoms with Crippen molar-refractivity contribution in [1.29, 1.82) is 0 Å². The fourth-order valence-corrected chi connectivity index (χ4v) is 2.03. The highest BCUT2D eigenvalue weighted by molar-refractivity contribution is 9.10. The van der Waals surface area contributed by atoms with E-state index in [1.807, 2.05) is 13.0 Å². The summed E-state index contributed by atoms with van der Waals surface area (Å²) in [4.78, 5) is 4.33. The topological polar surface area (TPSA) is 43.4 Å². The maximum absolute atomic E-state index is 5.80. The molecule has 108 valence electrons. The first-order valence-corrected chi connectivity index (χ1v) is 7.33. The van der Waals surface area contributed by atoms with Gasteiger partial charge in [0.05, 0.1) is 6.61 Å². The first kappa shape index (κ1) is 16.4. The molecule has 5 heteroatoms. The molecule has 0 amide bonds. The van der Waals surface area contributed by atoms with Crippen molar-refractivity contribution >= 4 is 15.9 Å². The first-order chi connectivity index (χ1) is 9.02. The number of hydrogen-bond acceptors (Lipinski definition) is 4. The smallest absolute Gasteiger partial charge is 0.218 e. The van der Waals surface area contributed by atoms with Crippen LogP contribution < -0.4 is 10.1 Å². The third-order valence-corrected chi connectivity index (χ3v) is 2.91. The molecule has 4 nitrogen and oxygen atoms in total. The van der Waals surface area contributed by atoms with E-state index in [4.69, 9.17) is 9.47 Å². The Morgan fingerprint density at radius 3 is 2.74 bits per heavy atom. The SMILES string of the molecule is COCC(C)Oc1ncc(Br)cc1CNCC(C)C. The molecular formula is C14H23BrN2O2. The highest BCUT2D eigenvalue weighted by Crippen LogP contribution is 2.21. The lowest BCUT2D eigenvalue weighted by molar-refractivity contribution is 0.0881. The zero-order valence-electron chi connectivity index (χ0n) is 12.1. The highest BCUT2D eigenvalue weighted by atomic mass is 79.9. The maximum atomic E-state index is 5.80. The fourth-order valence-electron chi connectivity index (χ4n) is 1.66. The third kappa shape index (κ3) is 6.36. The summed E-state index contributed by atoms with van der Waals surface area (Å²) in [6.45, 7) is 8.61. The van der Waals surface area contributed by atoms with Crippen LogP contribution in [-0.2, 0) is 11.3 Å². The van der Waals surface area contributed by atoms with Gasteiger partial charge in [-0.3, -0.25) is 0 Å². The molecule has 19 heavy (non-hydrogen) atoms. The van der Waals surface area contributed by atoms with Gasteiger partial charge in [-0.1, -0.05) is 13.8 Å². The van der Waals surface area contributed by atoms with Gasteiger partial charge in [0.25, 0.3) is 0 Å². The first-order valence-electron chi connectivity index (χ1n) is 6.53. The molecule has 0 bridgehead atoms. The Balaban J connectivity index is 2.68. The van der Waals surface area contributed by atoms with Crippen molar-refractivity contribution in [2.24, 2.45) is 5.92 Å². The van der Waals surface area contributed by atoms with Gasteiger partial charge < -0.3 is 14.8 Å². The van der Waals surface area contributed by atoms with E-state index in [2.05, 4.69) is 40.1 Å². The Hall–Kier alpha value is -0.650. The number of aromatic nitrogens is 1. The zero-order valence-corrected chi connectivity index (χ0v) is 13.7. The molecular weight excluding hydrogens is 308 g/mol.